The Morgan fingerprint density at radius 2 is 2.07 bits per heavy atom. The molecule has 0 aliphatic carbocycles. The highest BCUT2D eigenvalue weighted by Gasteiger charge is 2.18. The zero-order valence-electron chi connectivity index (χ0n) is 7.74. The molecule has 2 nitrogen and oxygen atoms in total. The van der Waals surface area contributed by atoms with E-state index in [0.717, 1.165) is 5.56 Å². The molecule has 2 atom stereocenters. The first-order chi connectivity index (χ1) is 6.56. The second-order valence-corrected chi connectivity index (χ2v) is 4.25. The van der Waals surface area contributed by atoms with Crippen LogP contribution in [0.5, 0.6) is 0 Å². The number of hydrogen-bond acceptors (Lipinski definition) is 2. The molecule has 1 rings (SSSR count). The Kier molecular flexibility index (Phi) is 4.38. The van der Waals surface area contributed by atoms with E-state index in [9.17, 15) is 10.2 Å². The van der Waals surface area contributed by atoms with Crippen molar-refractivity contribution in [2.24, 2.45) is 0 Å². The van der Waals surface area contributed by atoms with Crippen LogP contribution in [0.2, 0.25) is 5.02 Å². The summed E-state index contributed by atoms with van der Waals surface area (Å²) in [6, 6.07) is 5.25. The van der Waals surface area contributed by atoms with E-state index in [1.807, 2.05) is 13.0 Å². The largest absolute Gasteiger partial charge is 0.389 e. The molecule has 0 saturated heterocycles. The minimum absolute atomic E-state index is 0.333. The first-order valence-electron chi connectivity index (χ1n) is 4.24. The number of aliphatic hydroxyl groups excluding tert-OH is 2. The Morgan fingerprint density at radius 3 is 2.64 bits per heavy atom. The van der Waals surface area contributed by atoms with Gasteiger partial charge in [0.1, 0.15) is 6.10 Å². The van der Waals surface area contributed by atoms with Crippen LogP contribution >= 0.6 is 27.5 Å². The van der Waals surface area contributed by atoms with Gasteiger partial charge in [-0.2, -0.15) is 0 Å². The second-order valence-electron chi connectivity index (χ2n) is 3.17. The highest BCUT2D eigenvalue weighted by Crippen LogP contribution is 2.24. The number of aliphatic hydroxyl groups is 2. The average Bonchev–Trinajstić information content (AvgIpc) is 2.19. The van der Waals surface area contributed by atoms with E-state index in [1.165, 1.54) is 0 Å². The van der Waals surface area contributed by atoms with Crippen LogP contribution in [0.3, 0.4) is 0 Å². The maximum Gasteiger partial charge on any atom is 0.106 e. The highest BCUT2D eigenvalue weighted by molar-refractivity contribution is 9.09. The molecule has 1 aromatic rings. The quantitative estimate of drug-likeness (QED) is 0.834. The third-order valence-electron chi connectivity index (χ3n) is 2.08. The molecule has 0 bridgehead atoms. The molecule has 0 fully saturated rings. The van der Waals surface area contributed by atoms with E-state index >= 15 is 0 Å². The van der Waals surface area contributed by atoms with E-state index in [1.54, 1.807) is 12.1 Å². The van der Waals surface area contributed by atoms with Gasteiger partial charge in [-0.3, -0.25) is 0 Å². The van der Waals surface area contributed by atoms with Gasteiger partial charge in [0, 0.05) is 10.4 Å². The summed E-state index contributed by atoms with van der Waals surface area (Å²) in [4.78, 5) is 0. The second kappa shape index (κ2) is 5.12. The molecule has 0 radical (unpaired) electrons. The van der Waals surface area contributed by atoms with E-state index in [0.29, 0.717) is 15.9 Å². The number of benzene rings is 1. The van der Waals surface area contributed by atoms with Crippen LogP contribution in [0.25, 0.3) is 0 Å². The molecule has 0 spiro atoms. The minimum Gasteiger partial charge on any atom is -0.389 e. The molecule has 0 aliphatic rings. The molecule has 0 aromatic heterocycles. The predicted molar refractivity (Wildman–Crippen MR) is 60.9 cm³/mol. The Labute approximate surface area is 96.7 Å². The van der Waals surface area contributed by atoms with Gasteiger partial charge in [-0.15, -0.1) is 0 Å². The average molecular weight is 280 g/mol. The van der Waals surface area contributed by atoms with Gasteiger partial charge in [0.15, 0.2) is 0 Å². The van der Waals surface area contributed by atoms with Crippen molar-refractivity contribution in [1.29, 1.82) is 0 Å². The smallest absolute Gasteiger partial charge is 0.106 e. The standard InChI is InChI=1S/C10H12BrClO2/c1-6-2-3-7(12)4-8(6)10(14)9(13)5-11/h2-4,9-10,13-14H,5H2,1H3. The fraction of sp³-hybridized carbons (Fsp3) is 0.400. The first-order valence-corrected chi connectivity index (χ1v) is 5.74. The molecule has 14 heavy (non-hydrogen) atoms. The summed E-state index contributed by atoms with van der Waals surface area (Å²) >= 11 is 8.92. The van der Waals surface area contributed by atoms with Crippen LogP contribution in [0.4, 0.5) is 0 Å². The highest BCUT2D eigenvalue weighted by atomic mass is 79.9. The molecular weight excluding hydrogens is 267 g/mol. The molecule has 1 aromatic carbocycles. The minimum atomic E-state index is -0.895. The molecule has 2 N–H and O–H groups in total. The SMILES string of the molecule is Cc1ccc(Cl)cc1C(O)C(O)CBr. The topological polar surface area (TPSA) is 40.5 Å². The fourth-order valence-corrected chi connectivity index (χ4v) is 1.76. The lowest BCUT2D eigenvalue weighted by Crippen LogP contribution is -2.20. The van der Waals surface area contributed by atoms with Crippen LogP contribution < -0.4 is 0 Å². The van der Waals surface area contributed by atoms with Crippen molar-refractivity contribution < 1.29 is 10.2 Å². The van der Waals surface area contributed by atoms with E-state index in [2.05, 4.69) is 15.9 Å². The lowest BCUT2D eigenvalue weighted by Gasteiger charge is -2.18. The van der Waals surface area contributed by atoms with Gasteiger partial charge in [0.05, 0.1) is 6.10 Å². The fourth-order valence-electron chi connectivity index (χ4n) is 1.22. The van der Waals surface area contributed by atoms with Crippen LogP contribution in [0.15, 0.2) is 18.2 Å². The number of halogens is 2. The Morgan fingerprint density at radius 1 is 1.43 bits per heavy atom. The number of alkyl halides is 1. The molecule has 4 heteroatoms. The summed E-state index contributed by atoms with van der Waals surface area (Å²) < 4.78 is 0. The van der Waals surface area contributed by atoms with Crippen LogP contribution in [0.1, 0.15) is 17.2 Å². The molecule has 0 amide bonds. The Hall–Kier alpha value is -0.0900. The Balaban J connectivity index is 2.99. The summed E-state index contributed by atoms with van der Waals surface area (Å²) in [6.45, 7) is 1.87. The van der Waals surface area contributed by atoms with Crippen LogP contribution in [-0.2, 0) is 0 Å². The van der Waals surface area contributed by atoms with Gasteiger partial charge >= 0.3 is 0 Å². The van der Waals surface area contributed by atoms with Crippen molar-refractivity contribution in [3.63, 3.8) is 0 Å². The van der Waals surface area contributed by atoms with E-state index < -0.39 is 12.2 Å². The first kappa shape index (κ1) is 12.0. The van der Waals surface area contributed by atoms with Gasteiger partial charge in [0.25, 0.3) is 0 Å². The van der Waals surface area contributed by atoms with E-state index in [-0.39, 0.29) is 0 Å². The lowest BCUT2D eigenvalue weighted by atomic mass is 10.0. The maximum absolute atomic E-state index is 9.76. The number of hydrogen-bond donors (Lipinski definition) is 2. The molecule has 0 aliphatic heterocycles. The van der Waals surface area contributed by atoms with Crippen LogP contribution in [0, 0.1) is 6.92 Å². The molecular formula is C10H12BrClO2. The number of rotatable bonds is 3. The molecule has 0 saturated carbocycles. The molecule has 78 valence electrons. The third kappa shape index (κ3) is 2.70. The summed E-state index contributed by atoms with van der Waals surface area (Å²) in [6.07, 6.45) is -1.71. The van der Waals surface area contributed by atoms with Crippen molar-refractivity contribution in [2.45, 2.75) is 19.1 Å². The predicted octanol–water partition coefficient (Wildman–Crippen LogP) is 2.44. The molecule has 2 unspecified atom stereocenters. The third-order valence-corrected chi connectivity index (χ3v) is 2.98. The summed E-state index contributed by atoms with van der Waals surface area (Å²) in [5.41, 5.74) is 1.59. The van der Waals surface area contributed by atoms with Crippen LogP contribution in [-0.4, -0.2) is 21.6 Å². The van der Waals surface area contributed by atoms with Gasteiger partial charge in [-0.05, 0) is 30.2 Å². The van der Waals surface area contributed by atoms with Gasteiger partial charge in [0.2, 0.25) is 0 Å². The maximum atomic E-state index is 9.76. The zero-order chi connectivity index (χ0) is 10.7. The zero-order valence-corrected chi connectivity index (χ0v) is 10.1. The normalized spacial score (nSPS) is 15.2. The van der Waals surface area contributed by atoms with Crippen molar-refractivity contribution in [3.05, 3.63) is 34.3 Å². The van der Waals surface area contributed by atoms with Crippen molar-refractivity contribution >= 4 is 27.5 Å². The lowest BCUT2D eigenvalue weighted by molar-refractivity contribution is 0.0339. The summed E-state index contributed by atoms with van der Waals surface area (Å²) in [5.74, 6) is 0. The van der Waals surface area contributed by atoms with Crippen molar-refractivity contribution in [3.8, 4) is 0 Å². The Bertz CT molecular complexity index is 317. The number of aryl methyl sites for hydroxylation is 1. The van der Waals surface area contributed by atoms with Crippen molar-refractivity contribution in [2.75, 3.05) is 5.33 Å². The summed E-state index contributed by atoms with van der Waals surface area (Å²) in [5, 5.41) is 20.1. The van der Waals surface area contributed by atoms with Gasteiger partial charge in [-0.1, -0.05) is 33.6 Å². The molecule has 0 heterocycles. The monoisotopic (exact) mass is 278 g/mol. The van der Waals surface area contributed by atoms with Gasteiger partial charge in [-0.25, -0.2) is 0 Å². The van der Waals surface area contributed by atoms with Gasteiger partial charge < -0.3 is 10.2 Å². The summed E-state index contributed by atoms with van der Waals surface area (Å²) in [7, 11) is 0. The van der Waals surface area contributed by atoms with Crippen molar-refractivity contribution in [1.82, 2.24) is 0 Å². The van der Waals surface area contributed by atoms with E-state index in [4.69, 9.17) is 11.6 Å².